The number of halogens is 6. The fraction of sp³-hybridized carbons (Fsp3) is 0.364. The number of hydrogen-bond acceptors (Lipinski definition) is 25. The van der Waals surface area contributed by atoms with Gasteiger partial charge in [0, 0.05) is 220 Å². The first-order valence-electron chi connectivity index (χ1n) is 46.1. The summed E-state index contributed by atoms with van der Waals surface area (Å²) in [4.78, 5) is 86.9. The van der Waals surface area contributed by atoms with Gasteiger partial charge in [-0.15, -0.1) is 0 Å². The van der Waals surface area contributed by atoms with Crippen LogP contribution in [0, 0.1) is 35.3 Å². The first kappa shape index (κ1) is 111. The summed E-state index contributed by atoms with van der Waals surface area (Å²) in [7, 11) is 0.318. The van der Waals surface area contributed by atoms with E-state index in [1.807, 2.05) is 72.3 Å². The zero-order chi connectivity index (χ0) is 99.4. The third-order valence-electron chi connectivity index (χ3n) is 23.9. The molecule has 15 heterocycles. The summed E-state index contributed by atoms with van der Waals surface area (Å²) in [5.74, 6) is -2.25. The number of hydrogen-bond donors (Lipinski definition) is 6. The SMILES string of the molecule is C.C.C.C.COc1ncc(F)cc1CCc1ccc(Cc2c[nH]c3ncc(C(C=NC4CCN(C(=O)OC(C)(C)C)CC4)=CN)cc23)c(F)n1.COc1ncc(F)cc1CCc1ccc(Cc2c[nH]c3ncc(C(C=NC4CCNCC4)=CN)cc23)c(F)n1.COc1ncc(F)cc1CCc1ccc(Cc2cn(S(=O)(=O)c3ccccc3)c3ncc(C(C=NC4CCN(C(=O)OC(C)(C)C)CC4)=CN)cc23)c(F)n1. The van der Waals surface area contributed by atoms with Gasteiger partial charge in [0.15, 0.2) is 5.65 Å². The van der Waals surface area contributed by atoms with Crippen molar-refractivity contribution in [3.63, 3.8) is 0 Å². The molecule has 144 heavy (non-hydrogen) atoms. The molecule has 3 fully saturated rings. The second kappa shape index (κ2) is 50.8. The number of ether oxygens (including phenoxy) is 5. The maximum Gasteiger partial charge on any atom is 0.410 e. The van der Waals surface area contributed by atoms with E-state index < -0.39 is 56.5 Å². The molecule has 30 nitrogen and oxygen atoms in total. The van der Waals surface area contributed by atoms with Crippen molar-refractivity contribution in [2.45, 2.75) is 202 Å². The summed E-state index contributed by atoms with van der Waals surface area (Å²) in [5, 5.41) is 5.54. The molecular weight excluding hydrogens is 1870 g/mol. The van der Waals surface area contributed by atoms with Crippen molar-refractivity contribution in [3.8, 4) is 17.6 Å². The van der Waals surface area contributed by atoms with Gasteiger partial charge in [0.1, 0.15) is 39.9 Å². The van der Waals surface area contributed by atoms with Gasteiger partial charge < -0.3 is 66.0 Å². The number of carbonyl (C=O) groups is 2. The van der Waals surface area contributed by atoms with E-state index in [2.05, 4.69) is 60.1 Å². The van der Waals surface area contributed by atoms with E-state index in [9.17, 15) is 31.2 Å². The Kier molecular flexibility index (Phi) is 39.2. The number of amides is 2. The molecule has 0 aliphatic carbocycles. The van der Waals surface area contributed by atoms with Crippen LogP contribution in [-0.2, 0) is 77.3 Å². The number of likely N-dealkylation sites (tertiary alicyclic amines) is 2. The van der Waals surface area contributed by atoms with E-state index in [1.165, 1.54) is 82.7 Å². The Bertz CT molecular complexity index is 6900. The van der Waals surface area contributed by atoms with Gasteiger partial charge in [-0.25, -0.2) is 80.0 Å². The van der Waals surface area contributed by atoms with Crippen molar-refractivity contribution in [3.05, 3.63) is 297 Å². The van der Waals surface area contributed by atoms with E-state index in [1.54, 1.807) is 95.3 Å². The number of pyridine rings is 9. The molecule has 0 bridgehead atoms. The van der Waals surface area contributed by atoms with Gasteiger partial charge in [-0.3, -0.25) is 15.0 Å². The number of methoxy groups -OCH3 is 3. The molecular formula is C107H129F6N21O9S. The largest absolute Gasteiger partial charge is 0.481 e. The number of H-pyrrole nitrogens is 2. The van der Waals surface area contributed by atoms with Crippen LogP contribution in [0.1, 0.15) is 194 Å². The van der Waals surface area contributed by atoms with Crippen LogP contribution in [-0.4, -0.2) is 198 Å². The highest BCUT2D eigenvalue weighted by Gasteiger charge is 2.31. The molecule has 0 saturated carbocycles. The number of aromatic nitrogens is 12. The summed E-state index contributed by atoms with van der Waals surface area (Å²) >= 11 is 0. The topological polar surface area (TPSA) is 401 Å². The van der Waals surface area contributed by atoms with Gasteiger partial charge in [0.2, 0.25) is 35.5 Å². The van der Waals surface area contributed by atoms with Gasteiger partial charge in [0.25, 0.3) is 10.0 Å². The smallest absolute Gasteiger partial charge is 0.410 e. The molecule has 2 amide bonds. The van der Waals surface area contributed by atoms with Gasteiger partial charge in [0.05, 0.1) is 62.9 Å². The highest BCUT2D eigenvalue weighted by molar-refractivity contribution is 7.90. The monoisotopic (exact) mass is 2000 g/mol. The number of aromatic amines is 2. The number of carbonyl (C=O) groups excluding carboxylic acids is 2. The predicted molar refractivity (Wildman–Crippen MR) is 553 cm³/mol. The normalized spacial score (nSPS) is 14.3. The molecule has 0 spiro atoms. The molecule has 3 saturated heterocycles. The van der Waals surface area contributed by atoms with Gasteiger partial charge >= 0.3 is 12.2 Å². The Balaban J connectivity index is 0.000000222. The number of allylic oxidation sites excluding steroid dienone is 3. The van der Waals surface area contributed by atoms with Crippen LogP contribution in [0.5, 0.6) is 17.6 Å². The summed E-state index contributed by atoms with van der Waals surface area (Å²) in [5.41, 5.74) is 29.4. The van der Waals surface area contributed by atoms with Gasteiger partial charge in [-0.1, -0.05) is 66.1 Å². The van der Waals surface area contributed by atoms with Crippen LogP contribution in [0.4, 0.5) is 35.9 Å². The Labute approximate surface area is 836 Å². The third kappa shape index (κ3) is 29.0. The van der Waals surface area contributed by atoms with Crippen LogP contribution >= 0.6 is 0 Å². The summed E-state index contributed by atoms with van der Waals surface area (Å²) < 4.78 is 142. The molecule has 37 heteroatoms. The highest BCUT2D eigenvalue weighted by Crippen LogP contribution is 2.34. The average molecular weight is 2000 g/mol. The quantitative estimate of drug-likeness (QED) is 0.0144. The molecule has 0 radical (unpaired) electrons. The van der Waals surface area contributed by atoms with E-state index >= 15 is 13.2 Å². The van der Waals surface area contributed by atoms with Crippen molar-refractivity contribution in [1.82, 2.24) is 73.9 Å². The molecule has 12 aromatic heterocycles. The molecule has 3 aliphatic heterocycles. The number of benzene rings is 1. The van der Waals surface area contributed by atoms with Crippen LogP contribution in [0.2, 0.25) is 0 Å². The zero-order valence-electron chi connectivity index (χ0n) is 79.3. The number of nitrogens with zero attached hydrogens (tertiary/aromatic N) is 15. The Morgan fingerprint density at radius 3 is 1.12 bits per heavy atom. The minimum absolute atomic E-state index is 0. The van der Waals surface area contributed by atoms with Crippen molar-refractivity contribution >= 4 is 90.7 Å². The molecule has 0 atom stereocenters. The summed E-state index contributed by atoms with van der Waals surface area (Å²) in [6.07, 6.45) is 30.1. The van der Waals surface area contributed by atoms with Gasteiger partial charge in [-0.05, 0) is 215 Å². The summed E-state index contributed by atoms with van der Waals surface area (Å²) in [6, 6.07) is 28.4. The maximum atomic E-state index is 15.6. The third-order valence-corrected chi connectivity index (χ3v) is 25.5. The second-order valence-corrected chi connectivity index (χ2v) is 37.9. The van der Waals surface area contributed by atoms with Crippen LogP contribution < -0.4 is 36.7 Å². The van der Waals surface area contributed by atoms with Crippen molar-refractivity contribution in [2.24, 2.45) is 32.2 Å². The predicted octanol–water partition coefficient (Wildman–Crippen LogP) is 19.0. The van der Waals surface area contributed by atoms with E-state index in [0.717, 1.165) is 99.9 Å². The number of fused-ring (bicyclic) bond motifs is 3. The molecule has 1 aromatic carbocycles. The fourth-order valence-corrected chi connectivity index (χ4v) is 17.8. The lowest BCUT2D eigenvalue weighted by Crippen LogP contribution is -2.42. The van der Waals surface area contributed by atoms with E-state index in [4.69, 9.17) is 55.9 Å². The number of nitrogens with one attached hydrogen (secondary N) is 3. The number of nitrogens with two attached hydrogens (primary N) is 3. The van der Waals surface area contributed by atoms with E-state index in [-0.39, 0.29) is 88.4 Å². The first-order valence-corrected chi connectivity index (χ1v) is 47.5. The molecule has 0 unspecified atom stereocenters. The Hall–Kier alpha value is -14.8. The highest BCUT2D eigenvalue weighted by atomic mass is 32.2. The molecule has 13 aromatic rings. The minimum Gasteiger partial charge on any atom is -0.481 e. The average Bonchev–Trinajstić information content (AvgIpc) is 1.59. The van der Waals surface area contributed by atoms with Crippen molar-refractivity contribution < 1.29 is 68.0 Å². The lowest BCUT2D eigenvalue weighted by Gasteiger charge is -2.32. The number of rotatable bonds is 29. The molecule has 16 rings (SSSR count). The van der Waals surface area contributed by atoms with E-state index in [0.29, 0.717) is 186 Å². The zero-order valence-corrected chi connectivity index (χ0v) is 80.2. The molecule has 9 N–H and O–H groups in total. The number of aryl methyl sites for hydroxylation is 6. The second-order valence-electron chi connectivity index (χ2n) is 36.1. The Morgan fingerprint density at radius 2 is 0.778 bits per heavy atom. The number of piperidine rings is 3. The lowest BCUT2D eigenvalue weighted by atomic mass is 10.0. The van der Waals surface area contributed by atoms with Crippen LogP contribution in [0.25, 0.3) is 49.8 Å². The minimum atomic E-state index is -4.08. The van der Waals surface area contributed by atoms with Crippen molar-refractivity contribution in [1.29, 1.82) is 0 Å². The van der Waals surface area contributed by atoms with Gasteiger partial charge in [-0.2, -0.15) is 13.2 Å². The first-order chi connectivity index (χ1) is 67.3. The Morgan fingerprint density at radius 1 is 0.431 bits per heavy atom. The fourth-order valence-electron chi connectivity index (χ4n) is 16.5. The van der Waals surface area contributed by atoms with Crippen LogP contribution in [0.3, 0.4) is 0 Å². The van der Waals surface area contributed by atoms with Crippen LogP contribution in [0.15, 0.2) is 197 Å². The summed E-state index contributed by atoms with van der Waals surface area (Å²) in [6.45, 7) is 15.2. The maximum absolute atomic E-state index is 15.6. The number of aliphatic imine (C=N–C) groups is 3. The lowest BCUT2D eigenvalue weighted by molar-refractivity contribution is 0.0196. The van der Waals surface area contributed by atoms with Crippen molar-refractivity contribution in [2.75, 3.05) is 60.6 Å². The standard InChI is InChI=1S/C40H43F2N7O5S.C34H39F2N7O3.C29H31F2N7O.4CH4/c1-40(2,3)54-39(50)48-16-14-32(15-17-48)44-23-30(21-43)28-20-35-29(25-49(37(35)45-22-28)55(51,52)34-8-6-5-7-9-34)18-26-10-12-33(47-36(26)42)13-11-27-19-31(41)24-46-38(27)53-4;1-34(2,3)46-33(44)43-11-9-27(10-12-43)38-19-25(16-37)23-15-29-24(18-40-31(29)39-17-23)13-21-5-7-28(42-30(21)36)8-6-22-14-26(35)20-41-32(22)45-4;1-39-29-19(11-23(30)17-37-29)3-5-25-4-2-18(27(31)38-25)10-21-15-36-28-26(21)12-20(14-35-28)22(13-32)16-34-24-6-8-33-9-7-24;;;;/h5-10,12,19-25,32H,11,13-18,43H2,1-4H3;5,7,14-20,27H,6,8-13,37H2,1-4H3,(H,39,40);2,4,11-17,24,33H,3,5-10,32H2,1H3,(H,35,36);4*1H4. The molecule has 764 valence electrons. The molecule has 3 aliphatic rings.